The highest BCUT2D eigenvalue weighted by atomic mass is 35.5. The molecule has 1 heterocycles. The number of carbonyl (C=O) groups excluding carboxylic acids is 1. The van der Waals surface area contributed by atoms with Crippen LogP contribution in [0.3, 0.4) is 0 Å². The van der Waals surface area contributed by atoms with Crippen LogP contribution < -0.4 is 5.32 Å². The molecule has 0 radical (unpaired) electrons. The molecule has 24 heavy (non-hydrogen) atoms. The molecule has 2 aromatic carbocycles. The van der Waals surface area contributed by atoms with Gasteiger partial charge in [0, 0.05) is 16.1 Å². The van der Waals surface area contributed by atoms with Crippen molar-refractivity contribution in [3.63, 3.8) is 0 Å². The lowest BCUT2D eigenvalue weighted by molar-refractivity contribution is 0.0946. The second kappa shape index (κ2) is 6.84. The van der Waals surface area contributed by atoms with Crippen LogP contribution in [0.2, 0.25) is 5.02 Å². The van der Waals surface area contributed by atoms with Gasteiger partial charge in [0.15, 0.2) is 0 Å². The van der Waals surface area contributed by atoms with Crippen LogP contribution in [-0.2, 0) is 6.54 Å². The number of aromatic nitrogens is 2. The summed E-state index contributed by atoms with van der Waals surface area (Å²) >= 11 is 5.95. The summed E-state index contributed by atoms with van der Waals surface area (Å²) in [5, 5.41) is 7.28. The van der Waals surface area contributed by atoms with Gasteiger partial charge in [-0.05, 0) is 49.2 Å². The maximum absolute atomic E-state index is 12.2. The standard InChI is InChI=1S/C18H16ClN3O2/c1-11-6-7-14(8-12(11)2)18(23)20-10-16-21-17(22-24-16)13-4-3-5-15(19)9-13/h3-9H,10H2,1-2H3,(H,20,23). The minimum Gasteiger partial charge on any atom is -0.343 e. The molecule has 1 amide bonds. The highest BCUT2D eigenvalue weighted by molar-refractivity contribution is 6.30. The maximum Gasteiger partial charge on any atom is 0.251 e. The van der Waals surface area contributed by atoms with E-state index in [0.717, 1.165) is 16.7 Å². The first kappa shape index (κ1) is 16.2. The molecule has 3 aromatic rings. The highest BCUT2D eigenvalue weighted by Gasteiger charge is 2.11. The van der Waals surface area contributed by atoms with Crippen LogP contribution in [0.5, 0.6) is 0 Å². The summed E-state index contributed by atoms with van der Waals surface area (Å²) in [6.07, 6.45) is 0. The van der Waals surface area contributed by atoms with Crippen molar-refractivity contribution in [2.24, 2.45) is 0 Å². The molecule has 122 valence electrons. The van der Waals surface area contributed by atoms with Gasteiger partial charge in [0.2, 0.25) is 11.7 Å². The van der Waals surface area contributed by atoms with E-state index in [1.807, 2.05) is 38.1 Å². The van der Waals surface area contributed by atoms with E-state index in [4.69, 9.17) is 16.1 Å². The average Bonchev–Trinajstić information content (AvgIpc) is 3.04. The van der Waals surface area contributed by atoms with Crippen LogP contribution in [0.25, 0.3) is 11.4 Å². The second-order valence-electron chi connectivity index (χ2n) is 5.50. The van der Waals surface area contributed by atoms with E-state index >= 15 is 0 Å². The van der Waals surface area contributed by atoms with Crippen LogP contribution in [0.1, 0.15) is 27.4 Å². The van der Waals surface area contributed by atoms with Gasteiger partial charge in [-0.1, -0.05) is 35.0 Å². The van der Waals surface area contributed by atoms with Gasteiger partial charge in [-0.3, -0.25) is 4.79 Å². The summed E-state index contributed by atoms with van der Waals surface area (Å²) in [6, 6.07) is 12.8. The fourth-order valence-electron chi connectivity index (χ4n) is 2.21. The molecule has 0 aliphatic heterocycles. The van der Waals surface area contributed by atoms with Crippen LogP contribution in [-0.4, -0.2) is 16.0 Å². The van der Waals surface area contributed by atoms with Crippen LogP contribution in [0.15, 0.2) is 47.0 Å². The molecule has 0 atom stereocenters. The summed E-state index contributed by atoms with van der Waals surface area (Å²) in [5.74, 6) is 0.593. The molecule has 5 nitrogen and oxygen atoms in total. The molecule has 0 saturated heterocycles. The van der Waals surface area contributed by atoms with Gasteiger partial charge in [0.25, 0.3) is 5.91 Å². The molecular weight excluding hydrogens is 326 g/mol. The number of rotatable bonds is 4. The number of nitrogens with zero attached hydrogens (tertiary/aromatic N) is 2. The Bertz CT molecular complexity index is 889. The molecule has 0 saturated carbocycles. The fraction of sp³-hybridized carbons (Fsp3) is 0.167. The van der Waals surface area contributed by atoms with Crippen LogP contribution in [0, 0.1) is 13.8 Å². The number of amides is 1. The van der Waals surface area contributed by atoms with Crippen molar-refractivity contribution < 1.29 is 9.32 Å². The number of aryl methyl sites for hydroxylation is 2. The lowest BCUT2D eigenvalue weighted by atomic mass is 10.1. The lowest BCUT2D eigenvalue weighted by Gasteiger charge is -2.05. The third-order valence-corrected chi connectivity index (χ3v) is 3.96. The van der Waals surface area contributed by atoms with Gasteiger partial charge in [-0.2, -0.15) is 4.98 Å². The van der Waals surface area contributed by atoms with Crippen LogP contribution in [0.4, 0.5) is 0 Å². The third-order valence-electron chi connectivity index (χ3n) is 3.72. The van der Waals surface area contributed by atoms with Gasteiger partial charge in [0.1, 0.15) is 0 Å². The summed E-state index contributed by atoms with van der Waals surface area (Å²) < 4.78 is 5.17. The van der Waals surface area contributed by atoms with E-state index in [1.54, 1.807) is 18.2 Å². The summed E-state index contributed by atoms with van der Waals surface area (Å²) in [4.78, 5) is 16.5. The number of benzene rings is 2. The van der Waals surface area contributed by atoms with Gasteiger partial charge < -0.3 is 9.84 Å². The summed E-state index contributed by atoms with van der Waals surface area (Å²) in [7, 11) is 0. The summed E-state index contributed by atoms with van der Waals surface area (Å²) in [5.41, 5.74) is 3.59. The van der Waals surface area contributed by atoms with Gasteiger partial charge in [0.05, 0.1) is 6.54 Å². The smallest absolute Gasteiger partial charge is 0.251 e. The largest absolute Gasteiger partial charge is 0.343 e. The molecule has 0 spiro atoms. The predicted octanol–water partition coefficient (Wildman–Crippen LogP) is 3.94. The minimum atomic E-state index is -0.180. The van der Waals surface area contributed by atoms with Crippen LogP contribution >= 0.6 is 11.6 Å². The zero-order valence-corrected chi connectivity index (χ0v) is 14.1. The normalized spacial score (nSPS) is 10.6. The fourth-order valence-corrected chi connectivity index (χ4v) is 2.40. The Morgan fingerprint density at radius 1 is 1.17 bits per heavy atom. The average molecular weight is 342 g/mol. The molecule has 1 aromatic heterocycles. The SMILES string of the molecule is Cc1ccc(C(=O)NCc2nc(-c3cccc(Cl)c3)no2)cc1C. The molecule has 0 bridgehead atoms. The van der Waals surface area contributed by atoms with E-state index in [0.29, 0.717) is 22.3 Å². The highest BCUT2D eigenvalue weighted by Crippen LogP contribution is 2.19. The van der Waals surface area contributed by atoms with Gasteiger partial charge >= 0.3 is 0 Å². The van der Waals surface area contributed by atoms with Crippen molar-refractivity contribution in [1.82, 2.24) is 15.5 Å². The molecular formula is C18H16ClN3O2. The molecule has 0 aliphatic carbocycles. The number of hydrogen-bond donors (Lipinski definition) is 1. The molecule has 3 rings (SSSR count). The van der Waals surface area contributed by atoms with Crippen molar-refractivity contribution in [2.45, 2.75) is 20.4 Å². The first-order chi connectivity index (χ1) is 11.5. The van der Waals surface area contributed by atoms with Crippen molar-refractivity contribution in [1.29, 1.82) is 0 Å². The Labute approximate surface area is 144 Å². The van der Waals surface area contributed by atoms with Gasteiger partial charge in [-0.25, -0.2) is 0 Å². The molecule has 0 unspecified atom stereocenters. The van der Waals surface area contributed by atoms with Gasteiger partial charge in [-0.15, -0.1) is 0 Å². The van der Waals surface area contributed by atoms with Crippen molar-refractivity contribution >= 4 is 17.5 Å². The van der Waals surface area contributed by atoms with E-state index < -0.39 is 0 Å². The first-order valence-corrected chi connectivity index (χ1v) is 7.85. The van der Waals surface area contributed by atoms with Crippen molar-refractivity contribution in [3.05, 3.63) is 70.1 Å². The number of carbonyl (C=O) groups is 1. The summed E-state index contributed by atoms with van der Waals surface area (Å²) in [6.45, 7) is 4.15. The predicted molar refractivity (Wildman–Crippen MR) is 91.8 cm³/mol. The number of halogens is 1. The zero-order chi connectivity index (χ0) is 17.1. The number of hydrogen-bond acceptors (Lipinski definition) is 4. The Balaban J connectivity index is 1.67. The van der Waals surface area contributed by atoms with E-state index in [9.17, 15) is 4.79 Å². The van der Waals surface area contributed by atoms with Crippen molar-refractivity contribution in [3.8, 4) is 11.4 Å². The molecule has 1 N–H and O–H groups in total. The first-order valence-electron chi connectivity index (χ1n) is 7.47. The van der Waals surface area contributed by atoms with E-state index in [1.165, 1.54) is 0 Å². The zero-order valence-electron chi connectivity index (χ0n) is 13.3. The Hall–Kier alpha value is -2.66. The molecule has 6 heteroatoms. The topological polar surface area (TPSA) is 68.0 Å². The molecule has 0 aliphatic rings. The quantitative estimate of drug-likeness (QED) is 0.780. The number of nitrogens with one attached hydrogen (secondary N) is 1. The second-order valence-corrected chi connectivity index (χ2v) is 5.94. The van der Waals surface area contributed by atoms with E-state index in [2.05, 4.69) is 15.5 Å². The van der Waals surface area contributed by atoms with Crippen molar-refractivity contribution in [2.75, 3.05) is 0 Å². The Kier molecular flexibility index (Phi) is 4.62. The Morgan fingerprint density at radius 3 is 2.75 bits per heavy atom. The lowest BCUT2D eigenvalue weighted by Crippen LogP contribution is -2.23. The maximum atomic E-state index is 12.2. The Morgan fingerprint density at radius 2 is 2.00 bits per heavy atom. The van der Waals surface area contributed by atoms with E-state index in [-0.39, 0.29) is 12.5 Å². The third kappa shape index (κ3) is 3.63. The minimum absolute atomic E-state index is 0.166. The monoisotopic (exact) mass is 341 g/mol. The molecule has 0 fully saturated rings.